The zero-order valence-corrected chi connectivity index (χ0v) is 34.6. The largest absolute Gasteiger partial charge is 0.391 e. The van der Waals surface area contributed by atoms with Gasteiger partial charge in [-0.25, -0.2) is 28.1 Å². The first-order valence-electron chi connectivity index (χ1n) is 20.7. The zero-order chi connectivity index (χ0) is 43.9. The molecule has 4 aromatic heterocycles. The van der Waals surface area contributed by atoms with Crippen molar-refractivity contribution in [1.82, 2.24) is 34.2 Å². The van der Waals surface area contributed by atoms with Crippen LogP contribution in [0.1, 0.15) is 56.9 Å². The van der Waals surface area contributed by atoms with Crippen molar-refractivity contribution in [2.24, 2.45) is 22.0 Å². The summed E-state index contributed by atoms with van der Waals surface area (Å²) in [5.41, 5.74) is 9.18. The Balaban J connectivity index is 0.921. The van der Waals surface area contributed by atoms with Crippen molar-refractivity contribution in [3.63, 3.8) is 0 Å². The molecule has 2 amide bonds. The number of carbonyl (C=O) groups is 2. The lowest BCUT2D eigenvalue weighted by molar-refractivity contribution is -0.121. The molecule has 63 heavy (non-hydrogen) atoms. The average Bonchev–Trinajstić information content (AvgIpc) is 3.96. The molecule has 3 unspecified atom stereocenters. The molecule has 4 N–H and O–H groups in total. The van der Waals surface area contributed by atoms with Crippen LogP contribution in [0.4, 0.5) is 24.8 Å². The maximum Gasteiger partial charge on any atom is 0.260 e. The number of anilines is 2. The van der Waals surface area contributed by atoms with Gasteiger partial charge in [-0.05, 0) is 62.9 Å². The minimum absolute atomic E-state index is 0.0300. The fourth-order valence-electron chi connectivity index (χ4n) is 8.29. The van der Waals surface area contributed by atoms with Crippen molar-refractivity contribution in [3.05, 3.63) is 101 Å². The number of fused-ring (bicyclic) bond motifs is 6. The smallest absolute Gasteiger partial charge is 0.260 e. The van der Waals surface area contributed by atoms with Gasteiger partial charge in [-0.2, -0.15) is 4.99 Å². The minimum Gasteiger partial charge on any atom is -0.391 e. The van der Waals surface area contributed by atoms with Crippen LogP contribution in [0.5, 0.6) is 0 Å². The number of dihydropyridines is 1. The van der Waals surface area contributed by atoms with Gasteiger partial charge in [0.05, 0.1) is 41.5 Å². The Kier molecular flexibility index (Phi) is 9.65. The second kappa shape index (κ2) is 15.1. The molecule has 2 fully saturated rings. The van der Waals surface area contributed by atoms with Crippen LogP contribution >= 0.6 is 0 Å². The van der Waals surface area contributed by atoms with Crippen molar-refractivity contribution >= 4 is 51.3 Å². The highest BCUT2D eigenvalue weighted by atomic mass is 19.3. The van der Waals surface area contributed by atoms with E-state index in [-0.39, 0.29) is 30.4 Å². The summed E-state index contributed by atoms with van der Waals surface area (Å²) in [6, 6.07) is 8.95. The van der Waals surface area contributed by atoms with Crippen LogP contribution in [0.15, 0.2) is 89.3 Å². The highest BCUT2D eigenvalue weighted by molar-refractivity contribution is 5.99. The number of pyridine rings is 5. The number of aryl methyl sites for hydroxylation is 1. The molecule has 10 rings (SSSR count). The lowest BCUT2D eigenvalue weighted by atomic mass is 9.92. The number of amides is 2. The Bertz CT molecular complexity index is 3030. The number of nitrogens with one attached hydrogen (secondary N) is 3. The van der Waals surface area contributed by atoms with Gasteiger partial charge in [-0.3, -0.25) is 19.0 Å². The molecule has 6 atom stereocenters. The zero-order valence-electron chi connectivity index (χ0n) is 34.6. The van der Waals surface area contributed by atoms with E-state index in [2.05, 4.69) is 41.1 Å². The molecule has 8 heterocycles. The van der Waals surface area contributed by atoms with Gasteiger partial charge in [0.1, 0.15) is 35.1 Å². The lowest BCUT2D eigenvalue weighted by Gasteiger charge is -2.27. The number of oxime groups is 1. The Morgan fingerprint density at radius 3 is 2.60 bits per heavy atom. The third-order valence-electron chi connectivity index (χ3n) is 12.1. The van der Waals surface area contributed by atoms with Gasteiger partial charge in [0, 0.05) is 89.0 Å². The molecule has 4 aliphatic heterocycles. The number of hydrogen-bond donors (Lipinski definition) is 4. The summed E-state index contributed by atoms with van der Waals surface area (Å²) in [4.78, 5) is 53.1. The molecule has 15 nitrogen and oxygen atoms in total. The molecule has 18 heteroatoms. The van der Waals surface area contributed by atoms with E-state index >= 15 is 0 Å². The van der Waals surface area contributed by atoms with E-state index in [0.29, 0.717) is 40.8 Å². The van der Waals surface area contributed by atoms with Crippen LogP contribution in [-0.2, 0) is 21.0 Å². The summed E-state index contributed by atoms with van der Waals surface area (Å²) >= 11 is 0. The number of hydrogen-bond acceptors (Lipinski definition) is 11. The van der Waals surface area contributed by atoms with Crippen LogP contribution in [0.2, 0.25) is 0 Å². The van der Waals surface area contributed by atoms with Crippen molar-refractivity contribution < 1.29 is 32.7 Å². The van der Waals surface area contributed by atoms with Gasteiger partial charge in [-0.1, -0.05) is 18.2 Å². The third kappa shape index (κ3) is 7.36. The third-order valence-corrected chi connectivity index (χ3v) is 12.1. The molecule has 6 aliphatic rings. The summed E-state index contributed by atoms with van der Waals surface area (Å²) < 4.78 is 44.7. The van der Waals surface area contributed by atoms with Gasteiger partial charge in [0.25, 0.3) is 11.8 Å². The summed E-state index contributed by atoms with van der Waals surface area (Å²) in [6.07, 6.45) is 10.4. The average molecular weight is 858 g/mol. The number of allylic oxidation sites excluding steroid dienone is 2. The standard InChI is InChI=1S/C45H42F3N11O4/c1-5-37(60)34-9-22(3)30(19-51-34)27-11-25-17-53-39(55-44(62)31-15-45(31,47)48)14-36(25)59-20-40(56-42(27)59)63-57-23(4)33-8-21(2)29(18-50-33)26-10-24-16-52-38(54-43(61)28-12-32(28)46)13-35(24)58-7-6-49-41(26)58/h6-11,13-14,16-19,28,31-32,34,37,40,51,56,60H,5,12,15,20H2,1-4H3,(H,52,54,61)/b55-39?,57-23-/t28-,31?,32+,34?,37+,40?/m0/s1. The van der Waals surface area contributed by atoms with Gasteiger partial charge in [-0.15, -0.1) is 0 Å². The Labute approximate surface area is 357 Å². The van der Waals surface area contributed by atoms with Crippen molar-refractivity contribution in [2.45, 2.75) is 84.0 Å². The molecule has 0 aromatic carbocycles. The van der Waals surface area contributed by atoms with Gasteiger partial charge < -0.3 is 30.5 Å². The Morgan fingerprint density at radius 2 is 1.87 bits per heavy atom. The van der Waals surface area contributed by atoms with Gasteiger partial charge in [0.2, 0.25) is 12.1 Å². The molecule has 0 bridgehead atoms. The summed E-state index contributed by atoms with van der Waals surface area (Å²) in [5, 5.41) is 25.3. The Morgan fingerprint density at radius 1 is 1.06 bits per heavy atom. The van der Waals surface area contributed by atoms with E-state index in [1.165, 1.54) is 0 Å². The monoisotopic (exact) mass is 857 g/mol. The summed E-state index contributed by atoms with van der Waals surface area (Å²) in [7, 11) is 0. The lowest BCUT2D eigenvalue weighted by Crippen LogP contribution is -2.37. The Hall–Kier alpha value is -6.95. The molecule has 322 valence electrons. The first-order valence-corrected chi connectivity index (χ1v) is 20.7. The maximum absolute atomic E-state index is 13.7. The van der Waals surface area contributed by atoms with E-state index in [1.807, 2.05) is 66.4 Å². The molecule has 4 aromatic rings. The molecular formula is C45H42F3N11O4. The fourth-order valence-corrected chi connectivity index (χ4v) is 8.29. The number of alkyl halides is 3. The number of rotatable bonds is 10. The first-order chi connectivity index (χ1) is 30.3. The quantitative estimate of drug-likeness (QED) is 0.0920. The van der Waals surface area contributed by atoms with E-state index in [9.17, 15) is 27.9 Å². The van der Waals surface area contributed by atoms with Crippen LogP contribution in [0.3, 0.4) is 0 Å². The van der Waals surface area contributed by atoms with E-state index in [0.717, 1.165) is 49.9 Å². The van der Waals surface area contributed by atoms with E-state index in [4.69, 9.17) is 9.82 Å². The van der Waals surface area contributed by atoms with Crippen LogP contribution in [0, 0.1) is 18.8 Å². The molecular weight excluding hydrogens is 816 g/mol. The number of aromatic nitrogens is 6. The summed E-state index contributed by atoms with van der Waals surface area (Å²) in [5.74, 6) is -5.36. The minimum atomic E-state index is -3.04. The number of aliphatic hydroxyl groups is 1. The predicted molar refractivity (Wildman–Crippen MR) is 228 cm³/mol. The highest BCUT2D eigenvalue weighted by Crippen LogP contribution is 2.49. The number of aliphatic hydroxyl groups excluding tert-OH is 1. The molecule has 0 radical (unpaired) electrons. The van der Waals surface area contributed by atoms with Crippen LogP contribution in [-0.4, -0.2) is 82.0 Å². The summed E-state index contributed by atoms with van der Waals surface area (Å²) in [6.45, 7) is 7.95. The van der Waals surface area contributed by atoms with Crippen molar-refractivity contribution in [3.8, 4) is 22.4 Å². The van der Waals surface area contributed by atoms with Gasteiger partial charge in [0.15, 0.2) is 5.49 Å². The normalized spacial score (nSPS) is 23.1. The fraction of sp³-hybridized carbons (Fsp3) is 0.333. The van der Waals surface area contributed by atoms with Crippen molar-refractivity contribution in [2.75, 3.05) is 10.6 Å². The first kappa shape index (κ1) is 40.1. The van der Waals surface area contributed by atoms with E-state index < -0.39 is 48.6 Å². The van der Waals surface area contributed by atoms with Gasteiger partial charge >= 0.3 is 0 Å². The topological polar surface area (TPSA) is 185 Å². The number of carbonyl (C=O) groups excluding carboxylic acids is 2. The molecule has 2 saturated carbocycles. The highest BCUT2D eigenvalue weighted by Gasteiger charge is 2.61. The molecule has 0 saturated heterocycles. The van der Waals surface area contributed by atoms with Crippen LogP contribution < -0.4 is 21.4 Å². The maximum atomic E-state index is 13.7. The predicted octanol–water partition coefficient (Wildman–Crippen LogP) is 6.16. The molecule has 2 aliphatic carbocycles. The second-order valence-corrected chi connectivity index (χ2v) is 16.6. The number of halogens is 3. The SMILES string of the molecule is CC[C@@H](O)C1C=C(C)C(c2cc3cnc(=NC(=O)C4CC4(F)F)cc-3n3c2NC(O/N=C(/C)c2cc(C)c(-c4cc5cnc(NC(=O)[C@H]6C[C@H]6F)cc5n5ccnc45)cn2)C3)=CN1. The van der Waals surface area contributed by atoms with Crippen LogP contribution in [0.25, 0.3) is 44.5 Å². The molecule has 0 spiro atoms. The number of nitrogens with zero attached hydrogens (tertiary/aromatic N) is 8. The number of imidazole rings is 1. The van der Waals surface area contributed by atoms with E-state index in [1.54, 1.807) is 43.8 Å². The second-order valence-electron chi connectivity index (χ2n) is 16.6. The van der Waals surface area contributed by atoms with Crippen molar-refractivity contribution in [1.29, 1.82) is 0 Å².